The van der Waals surface area contributed by atoms with Crippen molar-refractivity contribution < 1.29 is 0 Å². The fraction of sp³-hybridized carbons (Fsp3) is 0.333. The van der Waals surface area contributed by atoms with Crippen molar-refractivity contribution in [2.45, 2.75) is 13.8 Å². The van der Waals surface area contributed by atoms with E-state index in [9.17, 15) is 0 Å². The molecule has 0 fully saturated rings. The molecule has 7 heavy (non-hydrogen) atoms. The third-order valence-electron chi connectivity index (χ3n) is 0.744. The average molecular weight is 106 g/mol. The van der Waals surface area contributed by atoms with E-state index in [-0.39, 0.29) is 20.4 Å². The summed E-state index contributed by atoms with van der Waals surface area (Å²) < 4.78 is 4.53. The van der Waals surface area contributed by atoms with E-state index < -0.39 is 0 Å². The molecule has 0 nitrogen and oxygen atoms in total. The lowest BCUT2D eigenvalue weighted by atomic mass is 10.8. The summed E-state index contributed by atoms with van der Waals surface area (Å²) in [7, 11) is 0. The lowest BCUT2D eigenvalue weighted by Crippen LogP contribution is -1.72. The largest absolute Gasteiger partial charge is 0.426 e. The molecular formula is C6H10Mg. The molecule has 36 valence electrons. The van der Waals surface area contributed by atoms with Gasteiger partial charge in [0.15, 0.2) is 0 Å². The van der Waals surface area contributed by atoms with Crippen LogP contribution in [0, 0.1) is 0 Å². The van der Waals surface area contributed by atoms with Crippen LogP contribution in [0.1, 0.15) is 13.8 Å². The third kappa shape index (κ3) is 6.25. The van der Waals surface area contributed by atoms with Crippen molar-refractivity contribution in [3.8, 4) is 0 Å². The molecule has 0 aliphatic rings. The second-order valence-electron chi connectivity index (χ2n) is 1.37. The highest BCUT2D eigenvalue weighted by molar-refractivity contribution is 6.48. The van der Waals surface area contributed by atoms with Gasteiger partial charge in [0.05, 0.1) is 0 Å². The van der Waals surface area contributed by atoms with Gasteiger partial charge in [-0.25, -0.2) is 8.41 Å². The van der Waals surface area contributed by atoms with Gasteiger partial charge in [-0.15, -0.1) is 12.2 Å². The van der Waals surface area contributed by atoms with Crippen LogP contribution in [-0.4, -0.2) is 20.4 Å². The Kier molecular flexibility index (Phi) is 6.47. The van der Waals surface area contributed by atoms with Gasteiger partial charge in [-0.05, 0) is 13.8 Å². The molecule has 0 aromatic heterocycles. The highest BCUT2D eigenvalue weighted by Gasteiger charge is 1.73. The van der Waals surface area contributed by atoms with Crippen molar-refractivity contribution in [2.24, 2.45) is 0 Å². The molecule has 0 amide bonds. The minimum atomic E-state index is 0.0502. The summed E-state index contributed by atoms with van der Waals surface area (Å²) in [5.74, 6) is 0. The number of rotatable bonds is 2. The first-order chi connectivity index (χ1) is 3.41. The van der Waals surface area contributed by atoms with Gasteiger partial charge in [0.25, 0.3) is 0 Å². The van der Waals surface area contributed by atoms with Crippen LogP contribution in [0.4, 0.5) is 0 Å². The Balaban J connectivity index is 2.98. The molecule has 0 radical (unpaired) electrons. The minimum Gasteiger partial charge on any atom is -0.204 e. The van der Waals surface area contributed by atoms with E-state index in [0.717, 1.165) is 0 Å². The maximum atomic E-state index is 2.26. The van der Waals surface area contributed by atoms with E-state index in [0.29, 0.717) is 0 Å². The van der Waals surface area contributed by atoms with E-state index in [1.165, 1.54) is 0 Å². The third-order valence-corrected chi connectivity index (χ3v) is 2.23. The topological polar surface area (TPSA) is 0 Å². The van der Waals surface area contributed by atoms with E-state index in [4.69, 9.17) is 0 Å². The zero-order valence-electron chi connectivity index (χ0n) is 5.02. The Labute approximate surface area is 55.0 Å². The van der Waals surface area contributed by atoms with Gasteiger partial charge in [-0.2, -0.15) is 0 Å². The Bertz CT molecular complexity index is 62.2. The molecule has 0 saturated heterocycles. The lowest BCUT2D eigenvalue weighted by molar-refractivity contribution is 1.76. The van der Waals surface area contributed by atoms with Crippen LogP contribution in [0.3, 0.4) is 0 Å². The minimum absolute atomic E-state index is 0.0502. The summed E-state index contributed by atoms with van der Waals surface area (Å²) in [6, 6.07) is 0. The summed E-state index contributed by atoms with van der Waals surface area (Å²) in [5, 5.41) is 0. The zero-order valence-corrected chi connectivity index (χ0v) is 6.43. The van der Waals surface area contributed by atoms with Crippen LogP contribution in [0.15, 0.2) is 20.6 Å². The molecule has 0 aliphatic carbocycles. The SMILES string of the molecule is CC=[CH][Mg][CH]=CC. The Hall–Kier alpha value is 0.246. The first-order valence-corrected chi connectivity index (χ1v) is 4.27. The van der Waals surface area contributed by atoms with Gasteiger partial charge < -0.3 is 0 Å². The van der Waals surface area contributed by atoms with Crippen molar-refractivity contribution >= 4 is 20.4 Å². The van der Waals surface area contributed by atoms with E-state index in [1.54, 1.807) is 0 Å². The maximum absolute atomic E-state index is 2.26. The smallest absolute Gasteiger partial charge is 0.204 e. The summed E-state index contributed by atoms with van der Waals surface area (Å²) in [6.45, 7) is 4.13. The van der Waals surface area contributed by atoms with Crippen LogP contribution < -0.4 is 0 Å². The summed E-state index contributed by atoms with van der Waals surface area (Å²) in [6.07, 6.45) is 4.23. The van der Waals surface area contributed by atoms with Crippen LogP contribution in [0.25, 0.3) is 0 Å². The fourth-order valence-corrected chi connectivity index (χ4v) is 1.05. The highest BCUT2D eigenvalue weighted by Crippen LogP contribution is 1.69. The first-order valence-electron chi connectivity index (χ1n) is 2.64. The molecule has 0 saturated carbocycles. The summed E-state index contributed by atoms with van der Waals surface area (Å²) >= 11 is 0.0502. The quantitative estimate of drug-likeness (QED) is 0.471. The normalized spacial score (nSPS) is 10.6. The molecule has 0 aromatic carbocycles. The van der Waals surface area contributed by atoms with Crippen molar-refractivity contribution in [2.75, 3.05) is 0 Å². The maximum Gasteiger partial charge on any atom is 0.426 e. The molecule has 0 unspecified atom stereocenters. The standard InChI is InChI=1S/2C3H5.Mg/c2*1-3-2;/h2*1,3H,2H3;. The van der Waals surface area contributed by atoms with E-state index >= 15 is 0 Å². The fourth-order valence-electron chi connectivity index (χ4n) is 0.351. The predicted octanol–water partition coefficient (Wildman–Crippen LogP) is 1.76. The molecule has 0 rings (SSSR count). The second-order valence-corrected chi connectivity index (χ2v) is 2.79. The molecular weight excluding hydrogens is 96.4 g/mol. The lowest BCUT2D eigenvalue weighted by Gasteiger charge is -1.68. The van der Waals surface area contributed by atoms with E-state index in [2.05, 4.69) is 34.4 Å². The molecule has 0 aliphatic heterocycles. The first kappa shape index (κ1) is 7.25. The van der Waals surface area contributed by atoms with Crippen LogP contribution in [0.2, 0.25) is 0 Å². The Morgan fingerprint density at radius 3 is 1.71 bits per heavy atom. The zero-order chi connectivity index (χ0) is 5.54. The van der Waals surface area contributed by atoms with Gasteiger partial charge in [0.1, 0.15) is 0 Å². The number of hydrogen-bond acceptors (Lipinski definition) is 0. The molecule has 0 bridgehead atoms. The van der Waals surface area contributed by atoms with Gasteiger partial charge in [-0.1, -0.05) is 0 Å². The van der Waals surface area contributed by atoms with E-state index in [1.807, 2.05) is 0 Å². The van der Waals surface area contributed by atoms with Crippen molar-refractivity contribution in [3.63, 3.8) is 0 Å². The van der Waals surface area contributed by atoms with Crippen LogP contribution >= 0.6 is 0 Å². The molecule has 1 heteroatoms. The van der Waals surface area contributed by atoms with Crippen molar-refractivity contribution in [1.82, 2.24) is 0 Å². The van der Waals surface area contributed by atoms with Gasteiger partial charge in [-0.3, -0.25) is 0 Å². The summed E-state index contributed by atoms with van der Waals surface area (Å²) in [5.41, 5.74) is 0. The molecule has 0 atom stereocenters. The average Bonchev–Trinajstić information content (AvgIpc) is 1.69. The number of hydrogen-bond donors (Lipinski definition) is 0. The van der Waals surface area contributed by atoms with Crippen LogP contribution in [0.5, 0.6) is 0 Å². The van der Waals surface area contributed by atoms with Crippen molar-refractivity contribution in [1.29, 1.82) is 0 Å². The monoisotopic (exact) mass is 106 g/mol. The Morgan fingerprint density at radius 2 is 1.43 bits per heavy atom. The van der Waals surface area contributed by atoms with Crippen molar-refractivity contribution in [3.05, 3.63) is 20.6 Å². The summed E-state index contributed by atoms with van der Waals surface area (Å²) in [4.78, 5) is 0. The predicted molar refractivity (Wildman–Crippen MR) is 35.4 cm³/mol. The number of allylic oxidation sites excluding steroid dienone is 2. The van der Waals surface area contributed by atoms with Gasteiger partial charge >= 0.3 is 20.4 Å². The molecule has 0 spiro atoms. The molecule has 0 N–H and O–H groups in total. The highest BCUT2D eigenvalue weighted by atomic mass is 24.5. The second kappa shape index (κ2) is 6.25. The molecule has 0 aromatic rings. The van der Waals surface area contributed by atoms with Crippen LogP contribution in [-0.2, 0) is 0 Å². The molecule has 0 heterocycles. The Morgan fingerprint density at radius 1 is 1.00 bits per heavy atom. The van der Waals surface area contributed by atoms with Gasteiger partial charge in [0.2, 0.25) is 0 Å². The van der Waals surface area contributed by atoms with Gasteiger partial charge in [0, 0.05) is 0 Å².